The van der Waals surface area contributed by atoms with Crippen LogP contribution in [0, 0.1) is 0 Å². The van der Waals surface area contributed by atoms with Crippen LogP contribution >= 0.6 is 15.9 Å². The van der Waals surface area contributed by atoms with Crippen molar-refractivity contribution >= 4 is 27.7 Å². The zero-order chi connectivity index (χ0) is 15.6. The van der Waals surface area contributed by atoms with E-state index in [0.717, 1.165) is 10.9 Å². The van der Waals surface area contributed by atoms with Gasteiger partial charge >= 0.3 is 6.09 Å². The number of benzene rings is 1. The van der Waals surface area contributed by atoms with E-state index < -0.39 is 11.7 Å². The van der Waals surface area contributed by atoms with E-state index in [9.17, 15) is 9.90 Å². The molecule has 1 rings (SSSR count). The van der Waals surface area contributed by atoms with Crippen LogP contribution < -0.4 is 5.32 Å². The minimum atomic E-state index is -0.583. The summed E-state index contributed by atoms with van der Waals surface area (Å²) in [5.41, 5.74) is 0.662. The minimum absolute atomic E-state index is 0.0300. The fraction of sp³-hybridized carbons (Fsp3) is 0.533. The third-order valence-corrected chi connectivity index (χ3v) is 4.15. The number of aromatic hydroxyl groups is 1. The topological polar surface area (TPSA) is 58.6 Å². The van der Waals surface area contributed by atoms with E-state index in [1.807, 2.05) is 6.07 Å². The standard InChI is InChI=1S/C15H22BrNO3/c1-14(2,3)20-13(19)17-11-7-6-10(8-12(11)18)15(4,5)9-16/h6-8,18H,9H2,1-5H3,(H,17,19). The summed E-state index contributed by atoms with van der Waals surface area (Å²) in [6.45, 7) is 9.49. The maximum Gasteiger partial charge on any atom is 0.412 e. The van der Waals surface area contributed by atoms with Gasteiger partial charge < -0.3 is 9.84 Å². The SMILES string of the molecule is CC(C)(C)OC(=O)Nc1ccc(C(C)(C)CBr)cc1O. The summed E-state index contributed by atoms with van der Waals surface area (Å²) in [4.78, 5) is 11.7. The van der Waals surface area contributed by atoms with Gasteiger partial charge in [0.2, 0.25) is 0 Å². The van der Waals surface area contributed by atoms with Gasteiger partial charge in [0.05, 0.1) is 5.69 Å². The molecule has 0 aliphatic carbocycles. The molecular formula is C15H22BrNO3. The number of ether oxygens (including phenoxy) is 1. The van der Waals surface area contributed by atoms with E-state index in [0.29, 0.717) is 5.69 Å². The number of phenols is 1. The molecule has 2 N–H and O–H groups in total. The van der Waals surface area contributed by atoms with Crippen molar-refractivity contribution in [1.82, 2.24) is 0 Å². The third-order valence-electron chi connectivity index (χ3n) is 2.75. The molecule has 0 aromatic heterocycles. The Hall–Kier alpha value is -1.23. The van der Waals surface area contributed by atoms with Crippen LogP contribution in [0.3, 0.4) is 0 Å². The first kappa shape index (κ1) is 16.8. The monoisotopic (exact) mass is 343 g/mol. The van der Waals surface area contributed by atoms with Crippen LogP contribution in [0.5, 0.6) is 5.75 Å². The molecule has 0 atom stereocenters. The summed E-state index contributed by atoms with van der Waals surface area (Å²) in [5.74, 6) is 0.0300. The highest BCUT2D eigenvalue weighted by molar-refractivity contribution is 9.09. The molecule has 0 aliphatic rings. The summed E-state index contributed by atoms with van der Waals surface area (Å²) in [6, 6.07) is 5.22. The van der Waals surface area contributed by atoms with Gasteiger partial charge in [-0.2, -0.15) is 0 Å². The highest BCUT2D eigenvalue weighted by atomic mass is 79.9. The number of carbonyl (C=O) groups excluding carboxylic acids is 1. The van der Waals surface area contributed by atoms with Crippen molar-refractivity contribution in [2.24, 2.45) is 0 Å². The van der Waals surface area contributed by atoms with Crippen molar-refractivity contribution in [3.63, 3.8) is 0 Å². The van der Waals surface area contributed by atoms with Crippen molar-refractivity contribution in [3.05, 3.63) is 23.8 Å². The van der Waals surface area contributed by atoms with Crippen molar-refractivity contribution in [1.29, 1.82) is 0 Å². The lowest BCUT2D eigenvalue weighted by molar-refractivity contribution is 0.0635. The first-order valence-corrected chi connectivity index (χ1v) is 7.57. The van der Waals surface area contributed by atoms with Gasteiger partial charge in [-0.1, -0.05) is 35.8 Å². The van der Waals surface area contributed by atoms with Crippen molar-refractivity contribution in [2.45, 2.75) is 45.6 Å². The van der Waals surface area contributed by atoms with Crippen molar-refractivity contribution in [3.8, 4) is 5.75 Å². The Morgan fingerprint density at radius 2 is 1.90 bits per heavy atom. The zero-order valence-electron chi connectivity index (χ0n) is 12.6. The van der Waals surface area contributed by atoms with Crippen molar-refractivity contribution < 1.29 is 14.6 Å². The van der Waals surface area contributed by atoms with E-state index in [1.54, 1.807) is 32.9 Å². The van der Waals surface area contributed by atoms with Crippen LogP contribution in [-0.2, 0) is 10.2 Å². The fourth-order valence-corrected chi connectivity index (χ4v) is 1.87. The Morgan fingerprint density at radius 3 is 2.35 bits per heavy atom. The van der Waals surface area contributed by atoms with Gasteiger partial charge in [-0.3, -0.25) is 5.32 Å². The number of alkyl halides is 1. The molecule has 4 nitrogen and oxygen atoms in total. The molecule has 5 heteroatoms. The van der Waals surface area contributed by atoms with Gasteiger partial charge in [0, 0.05) is 5.33 Å². The summed E-state index contributed by atoms with van der Waals surface area (Å²) in [6.07, 6.45) is -0.583. The fourth-order valence-electron chi connectivity index (χ4n) is 1.55. The first-order chi connectivity index (χ1) is 9.05. The Morgan fingerprint density at radius 1 is 1.30 bits per heavy atom. The molecule has 0 spiro atoms. The maximum atomic E-state index is 11.7. The largest absolute Gasteiger partial charge is 0.506 e. The van der Waals surface area contributed by atoms with Crippen LogP contribution in [0.25, 0.3) is 0 Å². The molecule has 0 heterocycles. The van der Waals surface area contributed by atoms with Gasteiger partial charge in [-0.25, -0.2) is 4.79 Å². The summed E-state index contributed by atoms with van der Waals surface area (Å²) in [7, 11) is 0. The number of halogens is 1. The molecule has 0 saturated heterocycles. The average molecular weight is 344 g/mol. The Kier molecular flexibility index (Phi) is 5.08. The van der Waals surface area contributed by atoms with Crippen LogP contribution in [0.15, 0.2) is 18.2 Å². The number of hydrogen-bond donors (Lipinski definition) is 2. The number of amides is 1. The first-order valence-electron chi connectivity index (χ1n) is 6.44. The third kappa shape index (κ3) is 4.71. The van der Waals surface area contributed by atoms with Crippen LogP contribution in [0.2, 0.25) is 0 Å². The minimum Gasteiger partial charge on any atom is -0.506 e. The van der Waals surface area contributed by atoms with Gasteiger partial charge in [-0.15, -0.1) is 0 Å². The molecule has 0 unspecified atom stereocenters. The lowest BCUT2D eigenvalue weighted by Crippen LogP contribution is -2.27. The molecule has 1 aromatic carbocycles. The second kappa shape index (κ2) is 6.04. The Bertz CT molecular complexity index is 492. The Labute approximate surface area is 128 Å². The smallest absolute Gasteiger partial charge is 0.412 e. The van der Waals surface area contributed by atoms with Gasteiger partial charge in [-0.05, 0) is 43.9 Å². The number of nitrogens with one attached hydrogen (secondary N) is 1. The predicted molar refractivity (Wildman–Crippen MR) is 84.8 cm³/mol. The normalized spacial score (nSPS) is 12.1. The zero-order valence-corrected chi connectivity index (χ0v) is 14.2. The molecule has 0 fully saturated rings. The molecule has 0 saturated carbocycles. The van der Waals surface area contributed by atoms with E-state index >= 15 is 0 Å². The molecule has 0 aliphatic heterocycles. The molecule has 0 bridgehead atoms. The predicted octanol–water partition coefficient (Wildman–Crippen LogP) is 4.41. The van der Waals surface area contributed by atoms with Crippen LogP contribution in [-0.4, -0.2) is 22.1 Å². The molecule has 1 aromatic rings. The second-order valence-electron chi connectivity index (χ2n) is 6.38. The van der Waals surface area contributed by atoms with E-state index in [2.05, 4.69) is 35.1 Å². The number of phenolic OH excluding ortho intramolecular Hbond substituents is 1. The highest BCUT2D eigenvalue weighted by Crippen LogP contribution is 2.32. The van der Waals surface area contributed by atoms with E-state index in [-0.39, 0.29) is 11.2 Å². The highest BCUT2D eigenvalue weighted by Gasteiger charge is 2.21. The summed E-state index contributed by atoms with van der Waals surface area (Å²) >= 11 is 3.45. The Balaban J connectivity index is 2.87. The summed E-state index contributed by atoms with van der Waals surface area (Å²) in [5, 5.41) is 13.3. The van der Waals surface area contributed by atoms with E-state index in [1.165, 1.54) is 0 Å². The van der Waals surface area contributed by atoms with Gasteiger partial charge in [0.15, 0.2) is 0 Å². The molecule has 1 amide bonds. The lowest BCUT2D eigenvalue weighted by atomic mass is 9.87. The number of carbonyl (C=O) groups is 1. The maximum absolute atomic E-state index is 11.7. The number of hydrogen-bond acceptors (Lipinski definition) is 3. The van der Waals surface area contributed by atoms with E-state index in [4.69, 9.17) is 4.74 Å². The molecule has 0 radical (unpaired) electrons. The van der Waals surface area contributed by atoms with Gasteiger partial charge in [0.25, 0.3) is 0 Å². The van der Waals surface area contributed by atoms with Gasteiger partial charge in [0.1, 0.15) is 11.4 Å². The second-order valence-corrected chi connectivity index (χ2v) is 6.94. The van der Waals surface area contributed by atoms with Crippen molar-refractivity contribution in [2.75, 3.05) is 10.6 Å². The summed E-state index contributed by atoms with van der Waals surface area (Å²) < 4.78 is 5.15. The molecule has 20 heavy (non-hydrogen) atoms. The average Bonchev–Trinajstić information content (AvgIpc) is 2.29. The molecular weight excluding hydrogens is 322 g/mol. The van der Waals surface area contributed by atoms with Crippen LogP contribution in [0.4, 0.5) is 10.5 Å². The number of anilines is 1. The number of rotatable bonds is 3. The quantitative estimate of drug-likeness (QED) is 0.631. The molecule has 112 valence electrons. The lowest BCUT2D eigenvalue weighted by Gasteiger charge is -2.23. The van der Waals surface area contributed by atoms with Crippen LogP contribution in [0.1, 0.15) is 40.2 Å².